The van der Waals surface area contributed by atoms with Crippen molar-refractivity contribution in [2.75, 3.05) is 13.2 Å². The third-order valence-electron chi connectivity index (χ3n) is 5.11. The lowest BCUT2D eigenvalue weighted by molar-refractivity contribution is 0.112. The number of carbonyl (C=O) groups is 1. The van der Waals surface area contributed by atoms with Gasteiger partial charge in [0.2, 0.25) is 0 Å². The fraction of sp³-hybridized carbons (Fsp3) is 0.720. The Hall–Kier alpha value is -1.51. The summed E-state index contributed by atoms with van der Waals surface area (Å²) >= 11 is 0. The van der Waals surface area contributed by atoms with Crippen LogP contribution in [-0.2, 0) is 0 Å². The van der Waals surface area contributed by atoms with Gasteiger partial charge in [0.05, 0.1) is 13.2 Å². The predicted octanol–water partition coefficient (Wildman–Crippen LogP) is 7.76. The molecule has 0 unspecified atom stereocenters. The maximum Gasteiger partial charge on any atom is 0.161 e. The van der Waals surface area contributed by atoms with Crippen molar-refractivity contribution in [2.45, 2.75) is 104 Å². The highest BCUT2D eigenvalue weighted by atomic mass is 16.5. The summed E-state index contributed by atoms with van der Waals surface area (Å²) in [6.07, 6.45) is 18.6. The van der Waals surface area contributed by atoms with Crippen LogP contribution in [0.4, 0.5) is 0 Å². The molecule has 3 nitrogen and oxygen atoms in total. The smallest absolute Gasteiger partial charge is 0.161 e. The Morgan fingerprint density at radius 2 is 1.11 bits per heavy atom. The van der Waals surface area contributed by atoms with Crippen LogP contribution >= 0.6 is 0 Å². The summed E-state index contributed by atoms with van der Waals surface area (Å²) in [6.45, 7) is 5.89. The van der Waals surface area contributed by atoms with E-state index >= 15 is 0 Å². The Morgan fingerprint density at radius 1 is 0.643 bits per heavy atom. The first-order valence-corrected chi connectivity index (χ1v) is 11.7. The summed E-state index contributed by atoms with van der Waals surface area (Å²) in [5.74, 6) is 1.47. The molecule has 0 radical (unpaired) electrons. The quantitative estimate of drug-likeness (QED) is 0.179. The minimum atomic E-state index is 0.637. The van der Waals surface area contributed by atoms with Crippen molar-refractivity contribution in [3.63, 3.8) is 0 Å². The highest BCUT2D eigenvalue weighted by Crippen LogP contribution is 2.28. The molecule has 0 atom stereocenters. The third-order valence-corrected chi connectivity index (χ3v) is 5.11. The first-order valence-electron chi connectivity index (χ1n) is 11.7. The first kappa shape index (κ1) is 24.5. The van der Waals surface area contributed by atoms with Crippen molar-refractivity contribution in [3.8, 4) is 11.5 Å². The van der Waals surface area contributed by atoms with E-state index < -0.39 is 0 Å². The van der Waals surface area contributed by atoms with Crippen molar-refractivity contribution in [1.82, 2.24) is 0 Å². The Kier molecular flexibility index (Phi) is 15.4. The molecule has 3 heteroatoms. The number of hydrogen-bond acceptors (Lipinski definition) is 3. The molecular weight excluding hydrogens is 348 g/mol. The molecule has 0 aliphatic heterocycles. The van der Waals surface area contributed by atoms with E-state index in [9.17, 15) is 4.79 Å². The molecule has 0 aliphatic carbocycles. The highest BCUT2D eigenvalue weighted by molar-refractivity contribution is 5.76. The lowest BCUT2D eigenvalue weighted by atomic mass is 10.1. The molecule has 0 N–H and O–H groups in total. The van der Waals surface area contributed by atoms with E-state index in [0.29, 0.717) is 24.5 Å². The van der Waals surface area contributed by atoms with Crippen LogP contribution < -0.4 is 9.47 Å². The number of unbranched alkanes of at least 4 members (excludes halogenated alkanes) is 12. The molecule has 160 valence electrons. The summed E-state index contributed by atoms with van der Waals surface area (Å²) in [4.78, 5) is 11.1. The fourth-order valence-electron chi connectivity index (χ4n) is 3.31. The van der Waals surface area contributed by atoms with Crippen LogP contribution in [0.25, 0.3) is 0 Å². The SMILES string of the molecule is CCCCCCCCCOc1ccc(C=O)cc1OCCCCCCCCC. The lowest BCUT2D eigenvalue weighted by Crippen LogP contribution is -2.03. The monoisotopic (exact) mass is 390 g/mol. The van der Waals surface area contributed by atoms with Gasteiger partial charge < -0.3 is 9.47 Å². The van der Waals surface area contributed by atoms with Gasteiger partial charge in [-0.3, -0.25) is 4.79 Å². The molecule has 0 aromatic heterocycles. The van der Waals surface area contributed by atoms with Crippen LogP contribution in [0.2, 0.25) is 0 Å². The average molecular weight is 391 g/mol. The van der Waals surface area contributed by atoms with Crippen LogP contribution in [-0.4, -0.2) is 19.5 Å². The predicted molar refractivity (Wildman–Crippen MR) is 119 cm³/mol. The molecule has 0 spiro atoms. The second-order valence-corrected chi connectivity index (χ2v) is 7.76. The van der Waals surface area contributed by atoms with Gasteiger partial charge in [-0.2, -0.15) is 0 Å². The Labute approximate surface area is 173 Å². The zero-order valence-electron chi connectivity index (χ0n) is 18.3. The summed E-state index contributed by atoms with van der Waals surface area (Å²) < 4.78 is 11.9. The molecular formula is C25H42O3. The van der Waals surface area contributed by atoms with E-state index in [1.807, 2.05) is 6.07 Å². The van der Waals surface area contributed by atoms with Gasteiger partial charge in [0.1, 0.15) is 6.29 Å². The number of benzene rings is 1. The van der Waals surface area contributed by atoms with Gasteiger partial charge in [0.15, 0.2) is 11.5 Å². The second-order valence-electron chi connectivity index (χ2n) is 7.76. The lowest BCUT2D eigenvalue weighted by Gasteiger charge is -2.13. The van der Waals surface area contributed by atoms with E-state index in [-0.39, 0.29) is 0 Å². The molecule has 0 bridgehead atoms. The number of hydrogen-bond donors (Lipinski definition) is 0. The van der Waals surface area contributed by atoms with E-state index in [0.717, 1.165) is 24.9 Å². The van der Waals surface area contributed by atoms with Crippen LogP contribution in [0.15, 0.2) is 18.2 Å². The van der Waals surface area contributed by atoms with Crippen LogP contribution in [0, 0.1) is 0 Å². The molecule has 1 aromatic carbocycles. The highest BCUT2D eigenvalue weighted by Gasteiger charge is 2.07. The Bertz CT molecular complexity index is 499. The standard InChI is InChI=1S/C25H42O3/c1-3-5-7-9-11-13-15-19-27-24-18-17-23(22-26)21-25(24)28-20-16-14-12-10-8-6-4-2/h17-18,21-22H,3-16,19-20H2,1-2H3. The van der Waals surface area contributed by atoms with Gasteiger partial charge in [-0.1, -0.05) is 90.9 Å². The van der Waals surface area contributed by atoms with E-state index in [1.54, 1.807) is 12.1 Å². The molecule has 0 saturated carbocycles. The fourth-order valence-corrected chi connectivity index (χ4v) is 3.31. The number of rotatable bonds is 19. The summed E-state index contributed by atoms with van der Waals surface area (Å²) in [5.41, 5.74) is 0.637. The molecule has 0 aliphatic rings. The van der Waals surface area contributed by atoms with E-state index in [2.05, 4.69) is 13.8 Å². The average Bonchev–Trinajstić information content (AvgIpc) is 2.72. The summed E-state index contributed by atoms with van der Waals surface area (Å²) in [5, 5.41) is 0. The van der Waals surface area contributed by atoms with Crippen molar-refractivity contribution in [3.05, 3.63) is 23.8 Å². The van der Waals surface area contributed by atoms with Crippen molar-refractivity contribution in [2.24, 2.45) is 0 Å². The van der Waals surface area contributed by atoms with Gasteiger partial charge in [-0.05, 0) is 31.0 Å². The summed E-state index contributed by atoms with van der Waals surface area (Å²) in [6, 6.07) is 5.47. The molecule has 0 saturated heterocycles. The number of carbonyl (C=O) groups excluding carboxylic acids is 1. The van der Waals surface area contributed by atoms with Gasteiger partial charge in [0.25, 0.3) is 0 Å². The minimum Gasteiger partial charge on any atom is -0.490 e. The molecule has 0 fully saturated rings. The van der Waals surface area contributed by atoms with Crippen molar-refractivity contribution < 1.29 is 14.3 Å². The van der Waals surface area contributed by atoms with Gasteiger partial charge >= 0.3 is 0 Å². The first-order chi connectivity index (χ1) is 13.8. The van der Waals surface area contributed by atoms with Gasteiger partial charge in [0, 0.05) is 5.56 Å². The zero-order valence-corrected chi connectivity index (χ0v) is 18.3. The largest absolute Gasteiger partial charge is 0.490 e. The van der Waals surface area contributed by atoms with E-state index in [4.69, 9.17) is 9.47 Å². The normalized spacial score (nSPS) is 10.8. The molecule has 0 amide bonds. The van der Waals surface area contributed by atoms with Gasteiger partial charge in [-0.15, -0.1) is 0 Å². The Balaban J connectivity index is 2.28. The number of ether oxygens (including phenoxy) is 2. The molecule has 0 heterocycles. The zero-order chi connectivity index (χ0) is 20.3. The molecule has 28 heavy (non-hydrogen) atoms. The molecule has 1 aromatic rings. The summed E-state index contributed by atoms with van der Waals surface area (Å²) in [7, 11) is 0. The third kappa shape index (κ3) is 12.0. The van der Waals surface area contributed by atoms with Crippen molar-refractivity contribution in [1.29, 1.82) is 0 Å². The van der Waals surface area contributed by atoms with Crippen LogP contribution in [0.5, 0.6) is 11.5 Å². The van der Waals surface area contributed by atoms with E-state index in [1.165, 1.54) is 77.0 Å². The van der Waals surface area contributed by atoms with Crippen molar-refractivity contribution >= 4 is 6.29 Å². The maximum absolute atomic E-state index is 11.1. The number of aldehydes is 1. The maximum atomic E-state index is 11.1. The minimum absolute atomic E-state index is 0.637. The molecule has 1 rings (SSSR count). The van der Waals surface area contributed by atoms with Crippen LogP contribution in [0.1, 0.15) is 114 Å². The van der Waals surface area contributed by atoms with Crippen LogP contribution in [0.3, 0.4) is 0 Å². The topological polar surface area (TPSA) is 35.5 Å². The Morgan fingerprint density at radius 3 is 1.61 bits per heavy atom. The second kappa shape index (κ2) is 17.6. The van der Waals surface area contributed by atoms with Gasteiger partial charge in [-0.25, -0.2) is 0 Å².